The average Bonchev–Trinajstić information content (AvgIpc) is 3.23. The molecular formula is C17H23FN2O3. The van der Waals surface area contributed by atoms with Crippen molar-refractivity contribution in [2.75, 3.05) is 33.9 Å². The van der Waals surface area contributed by atoms with Crippen LogP contribution < -0.4 is 14.8 Å². The molecule has 2 aliphatic rings. The van der Waals surface area contributed by atoms with Crippen LogP contribution in [-0.4, -0.2) is 50.3 Å². The molecule has 1 N–H and O–H groups in total. The van der Waals surface area contributed by atoms with Gasteiger partial charge < -0.3 is 19.7 Å². The van der Waals surface area contributed by atoms with E-state index < -0.39 is 11.6 Å². The summed E-state index contributed by atoms with van der Waals surface area (Å²) in [6.45, 7) is 1.24. The summed E-state index contributed by atoms with van der Waals surface area (Å²) >= 11 is 0. The molecule has 0 radical (unpaired) electrons. The third-order valence-electron chi connectivity index (χ3n) is 4.80. The van der Waals surface area contributed by atoms with E-state index in [2.05, 4.69) is 5.32 Å². The second-order valence-electron chi connectivity index (χ2n) is 6.16. The van der Waals surface area contributed by atoms with Crippen molar-refractivity contribution in [3.05, 3.63) is 23.8 Å². The number of halogens is 1. The van der Waals surface area contributed by atoms with Gasteiger partial charge >= 0.3 is 0 Å². The lowest BCUT2D eigenvalue weighted by atomic mass is 9.99. The maximum absolute atomic E-state index is 14.8. The van der Waals surface area contributed by atoms with Crippen molar-refractivity contribution in [1.82, 2.24) is 10.2 Å². The quantitative estimate of drug-likeness (QED) is 0.922. The number of hydrogen-bond donors (Lipinski definition) is 1. The van der Waals surface area contributed by atoms with Crippen LogP contribution in [0, 0.1) is 0 Å². The summed E-state index contributed by atoms with van der Waals surface area (Å²) in [6.07, 6.45) is 1.93. The highest BCUT2D eigenvalue weighted by molar-refractivity contribution is 5.86. The molecule has 0 saturated carbocycles. The van der Waals surface area contributed by atoms with Gasteiger partial charge in [-0.1, -0.05) is 0 Å². The van der Waals surface area contributed by atoms with Crippen LogP contribution in [0.2, 0.25) is 0 Å². The van der Waals surface area contributed by atoms with E-state index in [0.717, 1.165) is 18.4 Å². The summed E-state index contributed by atoms with van der Waals surface area (Å²) in [5, 5.41) is 2.95. The Morgan fingerprint density at radius 2 is 2.22 bits per heavy atom. The zero-order valence-corrected chi connectivity index (χ0v) is 13.6. The highest BCUT2D eigenvalue weighted by atomic mass is 19.1. The number of carbonyl (C=O) groups is 1. The number of alkyl halides is 1. The van der Waals surface area contributed by atoms with Crippen molar-refractivity contribution in [3.63, 3.8) is 0 Å². The number of carbonyl (C=O) groups excluding carboxylic acids is 1. The predicted octanol–water partition coefficient (Wildman–Crippen LogP) is 2.07. The molecule has 126 valence electrons. The number of amides is 1. The normalized spacial score (nSPS) is 27.3. The molecule has 1 aromatic rings. The van der Waals surface area contributed by atoms with Gasteiger partial charge in [0.1, 0.15) is 11.5 Å². The second-order valence-corrected chi connectivity index (χ2v) is 6.16. The van der Waals surface area contributed by atoms with E-state index in [0.29, 0.717) is 24.6 Å². The molecule has 2 heterocycles. The highest BCUT2D eigenvalue weighted by Crippen LogP contribution is 2.40. The third kappa shape index (κ3) is 2.87. The van der Waals surface area contributed by atoms with Gasteiger partial charge in [0.15, 0.2) is 0 Å². The number of likely N-dealkylation sites (tertiary alicyclic amines) is 1. The molecule has 6 heteroatoms. The van der Waals surface area contributed by atoms with Crippen molar-refractivity contribution in [3.8, 4) is 11.5 Å². The number of nitrogens with one attached hydrogen (secondary N) is 1. The van der Waals surface area contributed by atoms with Crippen LogP contribution >= 0.6 is 0 Å². The smallest absolute Gasteiger partial charge is 0.262 e. The summed E-state index contributed by atoms with van der Waals surface area (Å²) in [5.74, 6) is 0.970. The van der Waals surface area contributed by atoms with Crippen LogP contribution in [0.15, 0.2) is 18.2 Å². The van der Waals surface area contributed by atoms with E-state index in [1.165, 1.54) is 0 Å². The number of nitrogens with zero attached hydrogens (tertiary/aromatic N) is 1. The second kappa shape index (κ2) is 6.35. The highest BCUT2D eigenvalue weighted by Gasteiger charge is 2.47. The van der Waals surface area contributed by atoms with Crippen LogP contribution in [-0.2, 0) is 4.79 Å². The van der Waals surface area contributed by atoms with Crippen molar-refractivity contribution >= 4 is 5.91 Å². The standard InChI is InChI=1S/C17H23FN2O3/c1-22-12-5-6-13(15(10-12)23-2)14-4-3-9-20(14)16(21)17(18)7-8-19-11-17/h5-6,10,14,19H,3-4,7-9,11H2,1-2H3/t14-,17-/m0/s1. The molecule has 1 aromatic carbocycles. The first-order valence-corrected chi connectivity index (χ1v) is 8.02. The first-order chi connectivity index (χ1) is 11.1. The van der Waals surface area contributed by atoms with Gasteiger partial charge in [0.25, 0.3) is 5.91 Å². The number of hydrogen-bond acceptors (Lipinski definition) is 4. The molecular weight excluding hydrogens is 299 g/mol. The Hall–Kier alpha value is -1.82. The van der Waals surface area contributed by atoms with Crippen LogP contribution in [0.25, 0.3) is 0 Å². The van der Waals surface area contributed by atoms with E-state index in [1.54, 1.807) is 25.2 Å². The summed E-state index contributed by atoms with van der Waals surface area (Å²) < 4.78 is 25.5. The van der Waals surface area contributed by atoms with E-state index >= 15 is 0 Å². The fraction of sp³-hybridized carbons (Fsp3) is 0.588. The summed E-state index contributed by atoms with van der Waals surface area (Å²) in [4.78, 5) is 14.4. The van der Waals surface area contributed by atoms with Gasteiger partial charge in [-0.2, -0.15) is 0 Å². The topological polar surface area (TPSA) is 50.8 Å². The molecule has 5 nitrogen and oxygen atoms in total. The summed E-state index contributed by atoms with van der Waals surface area (Å²) in [7, 11) is 3.19. The Morgan fingerprint density at radius 1 is 1.39 bits per heavy atom. The molecule has 2 aliphatic heterocycles. The van der Waals surface area contributed by atoms with Gasteiger partial charge in [-0.3, -0.25) is 4.79 Å². The summed E-state index contributed by atoms with van der Waals surface area (Å²) in [5.41, 5.74) is -0.865. The van der Waals surface area contributed by atoms with Gasteiger partial charge in [-0.05, 0) is 31.5 Å². The molecule has 23 heavy (non-hydrogen) atoms. The zero-order valence-electron chi connectivity index (χ0n) is 13.6. The minimum Gasteiger partial charge on any atom is -0.497 e. The van der Waals surface area contributed by atoms with Gasteiger partial charge in [0, 0.05) is 31.1 Å². The van der Waals surface area contributed by atoms with E-state index in [-0.39, 0.29) is 19.0 Å². The molecule has 0 spiro atoms. The minimum absolute atomic E-state index is 0.106. The number of ether oxygens (including phenoxy) is 2. The Bertz CT molecular complexity index is 587. The largest absolute Gasteiger partial charge is 0.497 e. The van der Waals surface area contributed by atoms with Crippen LogP contribution in [0.5, 0.6) is 11.5 Å². The Morgan fingerprint density at radius 3 is 2.87 bits per heavy atom. The fourth-order valence-corrected chi connectivity index (χ4v) is 3.53. The Kier molecular flexibility index (Phi) is 4.43. The first-order valence-electron chi connectivity index (χ1n) is 8.02. The maximum atomic E-state index is 14.8. The van der Waals surface area contributed by atoms with Gasteiger partial charge in [0.2, 0.25) is 5.67 Å². The lowest BCUT2D eigenvalue weighted by Crippen LogP contribution is -2.47. The lowest BCUT2D eigenvalue weighted by molar-refractivity contribution is -0.143. The SMILES string of the molecule is COc1ccc([C@@H]2CCCN2C(=O)[C@]2(F)CCNC2)c(OC)c1. The van der Waals surface area contributed by atoms with Gasteiger partial charge in [-0.15, -0.1) is 0 Å². The molecule has 2 atom stereocenters. The van der Waals surface area contributed by atoms with Crippen molar-refractivity contribution in [2.45, 2.75) is 31.0 Å². The van der Waals surface area contributed by atoms with Crippen LogP contribution in [0.1, 0.15) is 30.9 Å². The van der Waals surface area contributed by atoms with Crippen molar-refractivity contribution in [1.29, 1.82) is 0 Å². The monoisotopic (exact) mass is 322 g/mol. The number of methoxy groups -OCH3 is 2. The number of benzene rings is 1. The Balaban J connectivity index is 1.88. The van der Waals surface area contributed by atoms with Crippen molar-refractivity contribution in [2.24, 2.45) is 0 Å². The predicted molar refractivity (Wildman–Crippen MR) is 84.6 cm³/mol. The molecule has 0 bridgehead atoms. The van der Waals surface area contributed by atoms with E-state index in [4.69, 9.17) is 9.47 Å². The van der Waals surface area contributed by atoms with Crippen LogP contribution in [0.4, 0.5) is 4.39 Å². The van der Waals surface area contributed by atoms with Crippen molar-refractivity contribution < 1.29 is 18.7 Å². The molecule has 2 saturated heterocycles. The molecule has 0 aromatic heterocycles. The maximum Gasteiger partial charge on any atom is 0.262 e. The minimum atomic E-state index is -1.78. The molecule has 2 fully saturated rings. The summed E-state index contributed by atoms with van der Waals surface area (Å²) in [6, 6.07) is 5.42. The van der Waals surface area contributed by atoms with Gasteiger partial charge in [0.05, 0.1) is 20.3 Å². The third-order valence-corrected chi connectivity index (χ3v) is 4.80. The van der Waals surface area contributed by atoms with Crippen LogP contribution in [0.3, 0.4) is 0 Å². The lowest BCUT2D eigenvalue weighted by Gasteiger charge is -2.31. The Labute approximate surface area is 135 Å². The zero-order chi connectivity index (χ0) is 16.4. The molecule has 1 amide bonds. The molecule has 3 rings (SSSR count). The number of rotatable bonds is 4. The fourth-order valence-electron chi connectivity index (χ4n) is 3.53. The van der Waals surface area contributed by atoms with Gasteiger partial charge in [-0.25, -0.2) is 4.39 Å². The molecule has 0 aliphatic carbocycles. The first kappa shape index (κ1) is 16.1. The average molecular weight is 322 g/mol. The van der Waals surface area contributed by atoms with E-state index in [9.17, 15) is 9.18 Å². The molecule has 0 unspecified atom stereocenters. The van der Waals surface area contributed by atoms with E-state index in [1.807, 2.05) is 12.1 Å².